The zero-order chi connectivity index (χ0) is 8.65. The third kappa shape index (κ3) is 3.32. The monoisotopic (exact) mass is 163 g/mol. The molecule has 0 aliphatic heterocycles. The second-order valence-corrected chi connectivity index (χ2v) is 2.49. The van der Waals surface area contributed by atoms with Crippen LogP contribution in [0.5, 0.6) is 0 Å². The summed E-state index contributed by atoms with van der Waals surface area (Å²) in [7, 11) is 0. The maximum Gasteiger partial charge on any atom is 0.0860 e. The lowest BCUT2D eigenvalue weighted by Crippen LogP contribution is -1.97. The van der Waals surface area contributed by atoms with Gasteiger partial charge in [-0.05, 0) is 12.0 Å². The van der Waals surface area contributed by atoms with E-state index in [1.807, 2.05) is 30.4 Å². The van der Waals surface area contributed by atoms with Crippen LogP contribution in [0.25, 0.3) is 0 Å². The van der Waals surface area contributed by atoms with Crippen LogP contribution in [0.2, 0.25) is 0 Å². The lowest BCUT2D eigenvalue weighted by molar-refractivity contribution is 0.168. The van der Waals surface area contributed by atoms with Crippen molar-refractivity contribution >= 4 is 0 Å². The molecule has 0 aliphatic rings. The van der Waals surface area contributed by atoms with Gasteiger partial charge in [-0.25, -0.2) is 5.90 Å². The highest BCUT2D eigenvalue weighted by atomic mass is 16.6. The van der Waals surface area contributed by atoms with Crippen LogP contribution in [0.15, 0.2) is 42.5 Å². The molecule has 0 atom stereocenters. The largest absolute Gasteiger partial charge is 0.300 e. The molecule has 0 unspecified atom stereocenters. The van der Waals surface area contributed by atoms with Crippen molar-refractivity contribution in [3.63, 3.8) is 0 Å². The number of rotatable bonds is 4. The lowest BCUT2D eigenvalue weighted by atomic mass is 10.1. The standard InChI is InChI=1S/C10H13NO/c11-12-9-5-4-8-10-6-2-1-3-7-10/h1-7H,8-9,11H2/b5-4+. The molecule has 0 amide bonds. The smallest absolute Gasteiger partial charge is 0.0860 e. The Kier molecular flexibility index (Phi) is 4.13. The van der Waals surface area contributed by atoms with Crippen LogP contribution in [0.3, 0.4) is 0 Å². The second kappa shape index (κ2) is 5.52. The first kappa shape index (κ1) is 8.97. The van der Waals surface area contributed by atoms with E-state index < -0.39 is 0 Å². The summed E-state index contributed by atoms with van der Waals surface area (Å²) in [6.07, 6.45) is 4.89. The molecule has 64 valence electrons. The van der Waals surface area contributed by atoms with Gasteiger partial charge in [-0.2, -0.15) is 0 Å². The van der Waals surface area contributed by atoms with E-state index >= 15 is 0 Å². The van der Waals surface area contributed by atoms with E-state index in [2.05, 4.69) is 17.0 Å². The third-order valence-corrected chi connectivity index (χ3v) is 1.56. The topological polar surface area (TPSA) is 35.2 Å². The highest BCUT2D eigenvalue weighted by Gasteiger charge is 1.84. The number of hydrogen-bond donors (Lipinski definition) is 1. The van der Waals surface area contributed by atoms with E-state index in [9.17, 15) is 0 Å². The molecule has 0 heterocycles. The minimum absolute atomic E-state index is 0.479. The molecule has 1 rings (SSSR count). The van der Waals surface area contributed by atoms with E-state index in [0.29, 0.717) is 6.61 Å². The van der Waals surface area contributed by atoms with Crippen molar-refractivity contribution in [3.05, 3.63) is 48.0 Å². The molecule has 0 fully saturated rings. The molecule has 12 heavy (non-hydrogen) atoms. The highest BCUT2D eigenvalue weighted by Crippen LogP contribution is 1.99. The van der Waals surface area contributed by atoms with Crippen LogP contribution in [-0.2, 0) is 11.3 Å². The average Bonchev–Trinajstić information content (AvgIpc) is 2.14. The Morgan fingerprint density at radius 1 is 1.17 bits per heavy atom. The molecule has 0 aliphatic carbocycles. The van der Waals surface area contributed by atoms with Gasteiger partial charge in [0.1, 0.15) is 0 Å². The molecular weight excluding hydrogens is 150 g/mol. The highest BCUT2D eigenvalue weighted by molar-refractivity contribution is 5.17. The summed E-state index contributed by atoms with van der Waals surface area (Å²) in [5.74, 6) is 4.86. The van der Waals surface area contributed by atoms with E-state index in [-0.39, 0.29) is 0 Å². The molecular formula is C10H13NO. The molecule has 0 aromatic heterocycles. The van der Waals surface area contributed by atoms with Gasteiger partial charge in [0.25, 0.3) is 0 Å². The minimum Gasteiger partial charge on any atom is -0.300 e. The average molecular weight is 163 g/mol. The quantitative estimate of drug-likeness (QED) is 0.541. The van der Waals surface area contributed by atoms with E-state index in [1.165, 1.54) is 5.56 Å². The Hall–Kier alpha value is -1.12. The maximum absolute atomic E-state index is 4.86. The first-order valence-electron chi connectivity index (χ1n) is 3.94. The Bertz CT molecular complexity index is 231. The summed E-state index contributed by atoms with van der Waals surface area (Å²) in [6.45, 7) is 0.479. The summed E-state index contributed by atoms with van der Waals surface area (Å²) in [4.78, 5) is 4.39. The van der Waals surface area contributed by atoms with Crippen LogP contribution < -0.4 is 5.90 Å². The number of allylic oxidation sites excluding steroid dienone is 1. The van der Waals surface area contributed by atoms with Gasteiger partial charge in [0.05, 0.1) is 6.61 Å². The molecule has 0 saturated heterocycles. The molecule has 1 aromatic carbocycles. The lowest BCUT2D eigenvalue weighted by Gasteiger charge is -1.93. The van der Waals surface area contributed by atoms with Crippen molar-refractivity contribution in [1.29, 1.82) is 0 Å². The van der Waals surface area contributed by atoms with E-state index in [1.54, 1.807) is 0 Å². The number of nitrogens with two attached hydrogens (primary N) is 1. The fourth-order valence-electron chi connectivity index (χ4n) is 0.957. The van der Waals surface area contributed by atoms with E-state index in [4.69, 9.17) is 5.90 Å². The summed E-state index contributed by atoms with van der Waals surface area (Å²) in [5, 5.41) is 0. The SMILES string of the molecule is NOC/C=C/Cc1ccccc1. The van der Waals surface area contributed by atoms with Crippen molar-refractivity contribution in [2.24, 2.45) is 5.90 Å². The molecule has 1 aromatic rings. The zero-order valence-corrected chi connectivity index (χ0v) is 6.94. The fraction of sp³-hybridized carbons (Fsp3) is 0.200. The normalized spacial score (nSPS) is 10.8. The van der Waals surface area contributed by atoms with Gasteiger partial charge in [-0.15, -0.1) is 0 Å². The Morgan fingerprint density at radius 3 is 2.58 bits per heavy atom. The minimum atomic E-state index is 0.479. The summed E-state index contributed by atoms with van der Waals surface area (Å²) >= 11 is 0. The van der Waals surface area contributed by atoms with Gasteiger partial charge in [0.15, 0.2) is 0 Å². The van der Waals surface area contributed by atoms with Crippen molar-refractivity contribution < 1.29 is 4.84 Å². The van der Waals surface area contributed by atoms with Gasteiger partial charge in [-0.3, -0.25) is 0 Å². The van der Waals surface area contributed by atoms with Crippen LogP contribution in [-0.4, -0.2) is 6.61 Å². The first-order valence-corrected chi connectivity index (χ1v) is 3.94. The van der Waals surface area contributed by atoms with Gasteiger partial charge in [0.2, 0.25) is 0 Å². The van der Waals surface area contributed by atoms with E-state index in [0.717, 1.165) is 6.42 Å². The van der Waals surface area contributed by atoms with Crippen molar-refractivity contribution in [2.75, 3.05) is 6.61 Å². The summed E-state index contributed by atoms with van der Waals surface area (Å²) in [6, 6.07) is 10.3. The number of benzene rings is 1. The van der Waals surface area contributed by atoms with Crippen LogP contribution >= 0.6 is 0 Å². The van der Waals surface area contributed by atoms with Gasteiger partial charge < -0.3 is 4.84 Å². The second-order valence-electron chi connectivity index (χ2n) is 2.49. The first-order chi connectivity index (χ1) is 5.93. The summed E-state index contributed by atoms with van der Waals surface area (Å²) in [5.41, 5.74) is 1.30. The van der Waals surface area contributed by atoms with Crippen molar-refractivity contribution in [2.45, 2.75) is 6.42 Å². The zero-order valence-electron chi connectivity index (χ0n) is 6.94. The summed E-state index contributed by atoms with van der Waals surface area (Å²) < 4.78 is 0. The molecule has 0 saturated carbocycles. The fourth-order valence-corrected chi connectivity index (χ4v) is 0.957. The molecule has 2 heteroatoms. The van der Waals surface area contributed by atoms with Crippen molar-refractivity contribution in [1.82, 2.24) is 0 Å². The number of hydrogen-bond acceptors (Lipinski definition) is 2. The van der Waals surface area contributed by atoms with Crippen LogP contribution in [0, 0.1) is 0 Å². The molecule has 0 radical (unpaired) electrons. The van der Waals surface area contributed by atoms with Gasteiger partial charge >= 0.3 is 0 Å². The maximum atomic E-state index is 4.86. The van der Waals surface area contributed by atoms with Crippen LogP contribution in [0.4, 0.5) is 0 Å². The Balaban J connectivity index is 2.33. The predicted molar refractivity (Wildman–Crippen MR) is 49.4 cm³/mol. The Labute approximate surface area is 72.6 Å². The van der Waals surface area contributed by atoms with Gasteiger partial charge in [0, 0.05) is 0 Å². The van der Waals surface area contributed by atoms with Crippen molar-refractivity contribution in [3.8, 4) is 0 Å². The van der Waals surface area contributed by atoms with Crippen LogP contribution in [0.1, 0.15) is 5.56 Å². The molecule has 0 spiro atoms. The van der Waals surface area contributed by atoms with Gasteiger partial charge in [-0.1, -0.05) is 42.5 Å². The molecule has 0 bridgehead atoms. The predicted octanol–water partition coefficient (Wildman–Crippen LogP) is 1.68. The molecule has 2 N–H and O–H groups in total. The Morgan fingerprint density at radius 2 is 1.92 bits per heavy atom. The third-order valence-electron chi connectivity index (χ3n) is 1.56. The molecule has 2 nitrogen and oxygen atoms in total.